The zero-order valence-corrected chi connectivity index (χ0v) is 23.7. The van der Waals surface area contributed by atoms with Crippen molar-refractivity contribution in [1.82, 2.24) is 4.98 Å². The van der Waals surface area contributed by atoms with Gasteiger partial charge in [0.15, 0.2) is 0 Å². The lowest BCUT2D eigenvalue weighted by Crippen LogP contribution is -2.44. The molecule has 0 radical (unpaired) electrons. The monoisotopic (exact) mass is 562 g/mol. The van der Waals surface area contributed by atoms with Gasteiger partial charge in [-0.25, -0.2) is 4.98 Å². The van der Waals surface area contributed by atoms with Gasteiger partial charge in [0.05, 0.1) is 5.69 Å². The SMILES string of the molecule is CSCCCCl.NC1CC2(CCCCC2)Oc2nc(-c3ccccc3Cl)c(-c3ccc(Cl)cc3)cc21. The summed E-state index contributed by atoms with van der Waals surface area (Å²) >= 11 is 19.9. The van der Waals surface area contributed by atoms with Crippen molar-refractivity contribution in [2.75, 3.05) is 17.9 Å². The molecule has 3 nitrogen and oxygen atoms in total. The van der Waals surface area contributed by atoms with E-state index in [1.165, 1.54) is 25.0 Å². The molecule has 5 rings (SSSR count). The average molecular weight is 564 g/mol. The molecule has 1 saturated carbocycles. The summed E-state index contributed by atoms with van der Waals surface area (Å²) in [7, 11) is 0. The molecule has 36 heavy (non-hydrogen) atoms. The summed E-state index contributed by atoms with van der Waals surface area (Å²) in [4.78, 5) is 5.02. The molecule has 2 aliphatic rings. The molecule has 1 fully saturated rings. The van der Waals surface area contributed by atoms with Crippen LogP contribution in [0.2, 0.25) is 10.0 Å². The predicted octanol–water partition coefficient (Wildman–Crippen LogP) is 9.19. The Kier molecular flexibility index (Phi) is 9.88. The molecular formula is C29H33Cl3N2OS. The van der Waals surface area contributed by atoms with Crippen LogP contribution < -0.4 is 10.5 Å². The molecule has 7 heteroatoms. The maximum Gasteiger partial charge on any atom is 0.219 e. The number of benzene rings is 2. The third-order valence-corrected chi connectivity index (χ3v) is 8.40. The molecule has 2 aromatic carbocycles. The van der Waals surface area contributed by atoms with Gasteiger partial charge in [0, 0.05) is 45.1 Å². The standard InChI is InChI=1S/C25H24Cl2N2O.C4H9ClS/c26-17-10-8-16(9-11-17)19-14-20-22(28)15-25(12-4-1-5-13-25)30-24(20)29-23(19)18-6-2-3-7-21(18)27;1-6-4-2-3-5/h2-3,6-11,14,22H,1,4-5,12-13,15,28H2;2-4H2,1H3. The van der Waals surface area contributed by atoms with Gasteiger partial charge in [-0.05, 0) is 73.9 Å². The number of hydrogen-bond donors (Lipinski definition) is 1. The van der Waals surface area contributed by atoms with Gasteiger partial charge >= 0.3 is 0 Å². The van der Waals surface area contributed by atoms with Crippen LogP contribution in [-0.4, -0.2) is 28.5 Å². The van der Waals surface area contributed by atoms with Crippen LogP contribution in [0.25, 0.3) is 22.4 Å². The molecule has 0 amide bonds. The van der Waals surface area contributed by atoms with Gasteiger partial charge < -0.3 is 10.5 Å². The Hall–Kier alpha value is -1.43. The zero-order valence-electron chi connectivity index (χ0n) is 20.6. The molecular weight excluding hydrogens is 531 g/mol. The largest absolute Gasteiger partial charge is 0.471 e. The summed E-state index contributed by atoms with van der Waals surface area (Å²) in [6.45, 7) is 0. The van der Waals surface area contributed by atoms with Crippen LogP contribution in [0.1, 0.15) is 56.6 Å². The number of hydrogen-bond acceptors (Lipinski definition) is 4. The van der Waals surface area contributed by atoms with Crippen molar-refractivity contribution in [3.63, 3.8) is 0 Å². The maximum absolute atomic E-state index is 6.67. The van der Waals surface area contributed by atoms with E-state index in [1.807, 2.05) is 60.3 Å². The number of rotatable bonds is 5. The third kappa shape index (κ3) is 6.52. The first-order chi connectivity index (χ1) is 17.5. The number of nitrogens with zero attached hydrogens (tertiary/aromatic N) is 1. The highest BCUT2D eigenvalue weighted by Gasteiger charge is 2.42. The Morgan fingerprint density at radius 1 is 1.03 bits per heavy atom. The number of aromatic nitrogens is 1. The third-order valence-electron chi connectivity index (χ3n) is 6.85. The van der Waals surface area contributed by atoms with Crippen LogP contribution in [-0.2, 0) is 0 Å². The van der Waals surface area contributed by atoms with E-state index in [-0.39, 0.29) is 11.6 Å². The van der Waals surface area contributed by atoms with Crippen LogP contribution in [0.3, 0.4) is 0 Å². The van der Waals surface area contributed by atoms with Crippen molar-refractivity contribution in [1.29, 1.82) is 0 Å². The minimum absolute atomic E-state index is 0.0919. The topological polar surface area (TPSA) is 48.1 Å². The van der Waals surface area contributed by atoms with E-state index in [0.29, 0.717) is 15.9 Å². The molecule has 3 aromatic rings. The summed E-state index contributed by atoms with van der Waals surface area (Å²) in [5.74, 6) is 2.66. The fraction of sp³-hybridized carbons (Fsp3) is 0.414. The summed E-state index contributed by atoms with van der Waals surface area (Å²) < 4.78 is 6.59. The summed E-state index contributed by atoms with van der Waals surface area (Å²) in [6, 6.07) is 17.6. The van der Waals surface area contributed by atoms with Crippen LogP contribution in [0, 0.1) is 0 Å². The molecule has 1 unspecified atom stereocenters. The van der Waals surface area contributed by atoms with E-state index in [0.717, 1.165) is 59.5 Å². The highest BCUT2D eigenvalue weighted by Crippen LogP contribution is 2.47. The van der Waals surface area contributed by atoms with Gasteiger partial charge in [-0.3, -0.25) is 0 Å². The first-order valence-electron chi connectivity index (χ1n) is 12.5. The van der Waals surface area contributed by atoms with Crippen LogP contribution in [0.15, 0.2) is 54.6 Å². The highest BCUT2D eigenvalue weighted by atomic mass is 35.5. The van der Waals surface area contributed by atoms with Gasteiger partial charge in [-0.2, -0.15) is 11.8 Å². The molecule has 1 atom stereocenters. The van der Waals surface area contributed by atoms with E-state index >= 15 is 0 Å². The molecule has 2 heterocycles. The van der Waals surface area contributed by atoms with Crippen LogP contribution >= 0.6 is 46.6 Å². The molecule has 1 spiro atoms. The van der Waals surface area contributed by atoms with Crippen LogP contribution in [0.5, 0.6) is 5.88 Å². The molecule has 0 saturated heterocycles. The maximum atomic E-state index is 6.67. The second-order valence-electron chi connectivity index (χ2n) is 9.46. The van der Waals surface area contributed by atoms with Crippen molar-refractivity contribution in [2.45, 2.75) is 56.6 Å². The van der Waals surface area contributed by atoms with E-state index in [2.05, 4.69) is 12.3 Å². The normalized spacial score (nSPS) is 18.1. The van der Waals surface area contributed by atoms with Crippen LogP contribution in [0.4, 0.5) is 0 Å². The number of nitrogens with two attached hydrogens (primary N) is 1. The van der Waals surface area contributed by atoms with E-state index in [9.17, 15) is 0 Å². The molecule has 1 aliphatic carbocycles. The number of ether oxygens (including phenoxy) is 1. The van der Waals surface area contributed by atoms with Gasteiger partial charge in [0.25, 0.3) is 0 Å². The molecule has 1 aromatic heterocycles. The van der Waals surface area contributed by atoms with E-state index in [4.69, 9.17) is 50.3 Å². The number of halogens is 3. The summed E-state index contributed by atoms with van der Waals surface area (Å²) in [5, 5.41) is 1.36. The van der Waals surface area contributed by atoms with Gasteiger partial charge in [0.1, 0.15) is 5.60 Å². The average Bonchev–Trinajstić information content (AvgIpc) is 2.88. The Labute approximate surface area is 234 Å². The number of thioether (sulfide) groups is 1. The zero-order chi connectivity index (χ0) is 25.5. The Morgan fingerprint density at radius 2 is 1.75 bits per heavy atom. The van der Waals surface area contributed by atoms with Crippen molar-refractivity contribution >= 4 is 46.6 Å². The first-order valence-corrected chi connectivity index (χ1v) is 15.2. The van der Waals surface area contributed by atoms with Gasteiger partial charge in [-0.1, -0.05) is 60.0 Å². The quantitative estimate of drug-likeness (QED) is 0.248. The summed E-state index contributed by atoms with van der Waals surface area (Å²) in [6.07, 6.45) is 9.79. The Bertz CT molecular complexity index is 1150. The van der Waals surface area contributed by atoms with E-state index < -0.39 is 0 Å². The smallest absolute Gasteiger partial charge is 0.219 e. The molecule has 0 bridgehead atoms. The number of fused-ring (bicyclic) bond motifs is 1. The van der Waals surface area contributed by atoms with Gasteiger partial charge in [0.2, 0.25) is 5.88 Å². The lowest BCUT2D eigenvalue weighted by atomic mass is 9.77. The molecule has 2 N–H and O–H groups in total. The summed E-state index contributed by atoms with van der Waals surface area (Å²) in [5.41, 5.74) is 11.2. The van der Waals surface area contributed by atoms with Crippen molar-refractivity contribution in [3.05, 3.63) is 70.2 Å². The fourth-order valence-corrected chi connectivity index (χ4v) is 6.10. The fourth-order valence-electron chi connectivity index (χ4n) is 5.03. The first kappa shape index (κ1) is 27.6. The predicted molar refractivity (Wildman–Crippen MR) is 157 cm³/mol. The lowest BCUT2D eigenvalue weighted by Gasteiger charge is -2.43. The van der Waals surface area contributed by atoms with Crippen molar-refractivity contribution < 1.29 is 4.74 Å². The second-order valence-corrected chi connectivity index (χ2v) is 11.7. The minimum atomic E-state index is -0.183. The molecule has 192 valence electrons. The Balaban J connectivity index is 0.000000455. The minimum Gasteiger partial charge on any atom is -0.471 e. The number of alkyl halides is 1. The highest BCUT2D eigenvalue weighted by molar-refractivity contribution is 7.98. The second kappa shape index (κ2) is 12.9. The van der Waals surface area contributed by atoms with Gasteiger partial charge in [-0.15, -0.1) is 11.6 Å². The Morgan fingerprint density at radius 3 is 2.39 bits per heavy atom. The van der Waals surface area contributed by atoms with E-state index in [1.54, 1.807) is 0 Å². The number of pyridine rings is 1. The molecule has 1 aliphatic heterocycles. The lowest BCUT2D eigenvalue weighted by molar-refractivity contribution is -0.00236. The van der Waals surface area contributed by atoms with Crippen molar-refractivity contribution in [3.8, 4) is 28.3 Å². The van der Waals surface area contributed by atoms with Crippen molar-refractivity contribution in [2.24, 2.45) is 5.73 Å².